The van der Waals surface area contributed by atoms with Crippen LogP contribution in [-0.2, 0) is 11.3 Å². The van der Waals surface area contributed by atoms with Gasteiger partial charge in [0.05, 0.1) is 25.6 Å². The summed E-state index contributed by atoms with van der Waals surface area (Å²) in [6.45, 7) is 2.80. The molecule has 1 N–H and O–H groups in total. The molecule has 0 spiro atoms. The number of imidazole rings is 1. The number of benzene rings is 2. The maximum Gasteiger partial charge on any atom is 0.108 e. The molecule has 0 aliphatic carbocycles. The lowest BCUT2D eigenvalue weighted by Gasteiger charge is -2.22. The number of rotatable bonds is 7. The fourth-order valence-corrected chi connectivity index (χ4v) is 2.77. The Hall–Kier alpha value is -2.43. The van der Waals surface area contributed by atoms with Crippen molar-refractivity contribution in [1.82, 2.24) is 9.55 Å². The number of aromatic nitrogens is 2. The highest BCUT2D eigenvalue weighted by atomic mass is 16.5. The second kappa shape index (κ2) is 7.90. The van der Waals surface area contributed by atoms with E-state index in [-0.39, 0.29) is 12.7 Å². The minimum atomic E-state index is -0.588. The average Bonchev–Trinajstić information content (AvgIpc) is 3.10. The lowest BCUT2D eigenvalue weighted by Crippen LogP contribution is -2.23. The molecule has 0 radical (unpaired) electrons. The van der Waals surface area contributed by atoms with Crippen molar-refractivity contribution < 1.29 is 9.84 Å². The van der Waals surface area contributed by atoms with Gasteiger partial charge in [-0.1, -0.05) is 54.6 Å². The Morgan fingerprint density at radius 3 is 2.54 bits per heavy atom. The van der Waals surface area contributed by atoms with E-state index in [2.05, 4.69) is 36.2 Å². The molecule has 2 aromatic carbocycles. The number of nitrogens with zero attached hydrogens (tertiary/aromatic N) is 2. The van der Waals surface area contributed by atoms with Gasteiger partial charge in [0.15, 0.2) is 0 Å². The first-order valence-corrected chi connectivity index (χ1v) is 8.10. The summed E-state index contributed by atoms with van der Waals surface area (Å²) in [6.07, 6.45) is 4.45. The van der Waals surface area contributed by atoms with Crippen molar-refractivity contribution in [2.75, 3.05) is 6.61 Å². The Kier molecular flexibility index (Phi) is 5.41. The quantitative estimate of drug-likeness (QED) is 0.725. The third kappa shape index (κ3) is 4.10. The smallest absolute Gasteiger partial charge is 0.108 e. The van der Waals surface area contributed by atoms with Crippen LogP contribution >= 0.6 is 0 Å². The van der Waals surface area contributed by atoms with Gasteiger partial charge in [0.1, 0.15) is 6.10 Å². The van der Waals surface area contributed by atoms with E-state index in [1.807, 2.05) is 41.1 Å². The van der Waals surface area contributed by atoms with Gasteiger partial charge < -0.3 is 14.4 Å². The second-order valence-electron chi connectivity index (χ2n) is 5.89. The molecular weight excluding hydrogens is 300 g/mol. The Morgan fingerprint density at radius 1 is 1.08 bits per heavy atom. The van der Waals surface area contributed by atoms with Crippen LogP contribution < -0.4 is 0 Å². The number of aliphatic hydroxyl groups is 1. The molecule has 3 aromatic rings. The van der Waals surface area contributed by atoms with E-state index in [1.54, 1.807) is 12.5 Å². The van der Waals surface area contributed by atoms with Crippen molar-refractivity contribution in [3.63, 3.8) is 0 Å². The molecule has 4 heteroatoms. The second-order valence-corrected chi connectivity index (χ2v) is 5.89. The Balaban J connectivity index is 1.74. The maximum absolute atomic E-state index is 10.3. The van der Waals surface area contributed by atoms with Gasteiger partial charge in [-0.25, -0.2) is 4.98 Å². The first-order valence-electron chi connectivity index (χ1n) is 8.10. The molecule has 0 saturated carbocycles. The van der Waals surface area contributed by atoms with Crippen molar-refractivity contribution in [2.45, 2.75) is 25.7 Å². The van der Waals surface area contributed by atoms with Gasteiger partial charge in [-0.05, 0) is 23.6 Å². The predicted molar refractivity (Wildman–Crippen MR) is 93.6 cm³/mol. The molecule has 0 aliphatic heterocycles. The lowest BCUT2D eigenvalue weighted by atomic mass is 9.97. The van der Waals surface area contributed by atoms with Gasteiger partial charge in [0.25, 0.3) is 0 Å². The third-order valence-electron chi connectivity index (χ3n) is 4.01. The SMILES string of the molecule is Cc1ccccc1C(OCC(O)Cn1ccnc1)c1ccccc1. The summed E-state index contributed by atoms with van der Waals surface area (Å²) >= 11 is 0. The fourth-order valence-electron chi connectivity index (χ4n) is 2.77. The van der Waals surface area contributed by atoms with Crippen LogP contribution in [0.4, 0.5) is 0 Å². The summed E-state index contributed by atoms with van der Waals surface area (Å²) in [5, 5.41) is 10.3. The summed E-state index contributed by atoms with van der Waals surface area (Å²) in [5.41, 5.74) is 3.38. The molecule has 4 nitrogen and oxygen atoms in total. The predicted octanol–water partition coefficient (Wildman–Crippen LogP) is 3.36. The van der Waals surface area contributed by atoms with Crippen molar-refractivity contribution in [3.05, 3.63) is 90.0 Å². The van der Waals surface area contributed by atoms with Gasteiger partial charge in [-0.2, -0.15) is 0 Å². The number of ether oxygens (including phenoxy) is 1. The largest absolute Gasteiger partial charge is 0.389 e. The highest BCUT2D eigenvalue weighted by Gasteiger charge is 2.18. The van der Waals surface area contributed by atoms with Gasteiger partial charge in [-0.3, -0.25) is 0 Å². The first kappa shape index (κ1) is 16.4. The third-order valence-corrected chi connectivity index (χ3v) is 4.01. The molecule has 0 bridgehead atoms. The minimum Gasteiger partial charge on any atom is -0.389 e. The van der Waals surface area contributed by atoms with E-state index in [0.717, 1.165) is 11.1 Å². The zero-order valence-electron chi connectivity index (χ0n) is 13.7. The van der Waals surface area contributed by atoms with Crippen molar-refractivity contribution in [3.8, 4) is 0 Å². The molecule has 3 rings (SSSR count). The molecule has 0 fully saturated rings. The molecule has 2 atom stereocenters. The molecule has 0 amide bonds. The van der Waals surface area contributed by atoms with Gasteiger partial charge in [-0.15, -0.1) is 0 Å². The molecule has 2 unspecified atom stereocenters. The Labute approximate surface area is 142 Å². The number of aryl methyl sites for hydroxylation is 1. The summed E-state index contributed by atoms with van der Waals surface area (Å²) in [4.78, 5) is 3.99. The van der Waals surface area contributed by atoms with Crippen LogP contribution in [0.5, 0.6) is 0 Å². The summed E-state index contributed by atoms with van der Waals surface area (Å²) in [7, 11) is 0. The van der Waals surface area contributed by atoms with Crippen LogP contribution in [0.2, 0.25) is 0 Å². The van der Waals surface area contributed by atoms with E-state index in [0.29, 0.717) is 6.54 Å². The van der Waals surface area contributed by atoms with Crippen molar-refractivity contribution in [2.24, 2.45) is 0 Å². The minimum absolute atomic E-state index is 0.190. The van der Waals surface area contributed by atoms with Crippen LogP contribution in [0.25, 0.3) is 0 Å². The summed E-state index contributed by atoms with van der Waals surface area (Å²) in [5.74, 6) is 0. The van der Waals surface area contributed by atoms with Crippen LogP contribution in [0.1, 0.15) is 22.8 Å². The molecule has 124 valence electrons. The highest BCUT2D eigenvalue weighted by molar-refractivity contribution is 5.35. The molecule has 1 heterocycles. The van der Waals surface area contributed by atoms with E-state index < -0.39 is 6.10 Å². The lowest BCUT2D eigenvalue weighted by molar-refractivity contribution is -0.000778. The number of hydrogen-bond donors (Lipinski definition) is 1. The number of hydrogen-bond acceptors (Lipinski definition) is 3. The topological polar surface area (TPSA) is 47.3 Å². The average molecular weight is 322 g/mol. The van der Waals surface area contributed by atoms with Crippen LogP contribution in [0.15, 0.2) is 73.3 Å². The van der Waals surface area contributed by atoms with E-state index >= 15 is 0 Å². The van der Waals surface area contributed by atoms with E-state index in [9.17, 15) is 5.11 Å². The van der Waals surface area contributed by atoms with Crippen molar-refractivity contribution >= 4 is 0 Å². The summed E-state index contributed by atoms with van der Waals surface area (Å²) in [6, 6.07) is 18.3. The van der Waals surface area contributed by atoms with Crippen LogP contribution in [0.3, 0.4) is 0 Å². The van der Waals surface area contributed by atoms with Crippen LogP contribution in [0, 0.1) is 6.92 Å². The maximum atomic E-state index is 10.3. The Bertz CT molecular complexity index is 741. The monoisotopic (exact) mass is 322 g/mol. The van der Waals surface area contributed by atoms with Crippen molar-refractivity contribution in [1.29, 1.82) is 0 Å². The zero-order valence-corrected chi connectivity index (χ0v) is 13.7. The van der Waals surface area contributed by atoms with E-state index in [1.165, 1.54) is 5.56 Å². The van der Waals surface area contributed by atoms with Gasteiger partial charge in [0, 0.05) is 12.4 Å². The van der Waals surface area contributed by atoms with Crippen LogP contribution in [-0.4, -0.2) is 27.4 Å². The molecule has 1 aromatic heterocycles. The zero-order chi connectivity index (χ0) is 16.8. The van der Waals surface area contributed by atoms with Gasteiger partial charge >= 0.3 is 0 Å². The Morgan fingerprint density at radius 2 is 1.83 bits per heavy atom. The van der Waals surface area contributed by atoms with E-state index in [4.69, 9.17) is 4.74 Å². The summed E-state index contributed by atoms with van der Waals surface area (Å²) < 4.78 is 7.97. The number of aliphatic hydroxyl groups excluding tert-OH is 1. The van der Waals surface area contributed by atoms with Gasteiger partial charge in [0.2, 0.25) is 0 Å². The first-order chi connectivity index (χ1) is 11.7. The fraction of sp³-hybridized carbons (Fsp3) is 0.250. The molecule has 0 aliphatic rings. The highest BCUT2D eigenvalue weighted by Crippen LogP contribution is 2.28. The molecular formula is C20H22N2O2. The normalized spacial score (nSPS) is 13.6. The molecule has 0 saturated heterocycles. The molecule has 24 heavy (non-hydrogen) atoms. The standard InChI is InChI=1S/C20H22N2O2/c1-16-7-5-6-10-19(16)20(17-8-3-2-4-9-17)24-14-18(23)13-22-12-11-21-15-22/h2-12,15,18,20,23H,13-14H2,1H3.